The molecule has 0 spiro atoms. The minimum absolute atomic E-state index is 0.106. The zero-order chi connectivity index (χ0) is 10.4. The second kappa shape index (κ2) is 6.35. The van der Waals surface area contributed by atoms with Crippen molar-refractivity contribution in [3.63, 3.8) is 0 Å². The Kier molecular flexibility index (Phi) is 5.40. The lowest BCUT2D eigenvalue weighted by Gasteiger charge is -2.37. The highest BCUT2D eigenvalue weighted by Gasteiger charge is 2.24. The number of aliphatic hydroxyl groups excluding tert-OH is 1. The number of hydrogen-bond acceptors (Lipinski definition) is 4. The molecule has 1 fully saturated rings. The van der Waals surface area contributed by atoms with Crippen LogP contribution in [0.4, 0.5) is 0 Å². The summed E-state index contributed by atoms with van der Waals surface area (Å²) in [5, 5.41) is 8.54. The summed E-state index contributed by atoms with van der Waals surface area (Å²) < 4.78 is 10.8. The minimum Gasteiger partial charge on any atom is -0.394 e. The van der Waals surface area contributed by atoms with Gasteiger partial charge < -0.3 is 14.6 Å². The maximum atomic E-state index is 8.54. The normalized spacial score (nSPS) is 29.4. The van der Waals surface area contributed by atoms with Crippen LogP contribution in [0, 0.1) is 0 Å². The molecule has 14 heavy (non-hydrogen) atoms. The highest BCUT2D eigenvalue weighted by Crippen LogP contribution is 2.12. The second-order valence-electron chi connectivity index (χ2n) is 3.69. The molecular weight excluding hydrogens is 182 g/mol. The van der Waals surface area contributed by atoms with Gasteiger partial charge in [0, 0.05) is 19.1 Å². The summed E-state index contributed by atoms with van der Waals surface area (Å²) in [5.74, 6) is 0. The molecule has 0 radical (unpaired) electrons. The van der Waals surface area contributed by atoms with Crippen LogP contribution in [0.3, 0.4) is 0 Å². The largest absolute Gasteiger partial charge is 0.394 e. The van der Waals surface area contributed by atoms with Gasteiger partial charge >= 0.3 is 0 Å². The fourth-order valence-corrected chi connectivity index (χ4v) is 1.66. The molecule has 2 atom stereocenters. The van der Waals surface area contributed by atoms with Gasteiger partial charge in [-0.15, -0.1) is 0 Å². The molecule has 2 unspecified atom stereocenters. The molecular formula is C10H21NO3. The van der Waals surface area contributed by atoms with E-state index in [2.05, 4.69) is 18.7 Å². The van der Waals surface area contributed by atoms with Crippen molar-refractivity contribution in [1.29, 1.82) is 0 Å². The Morgan fingerprint density at radius 2 is 2.21 bits per heavy atom. The molecule has 0 aliphatic carbocycles. The summed E-state index contributed by atoms with van der Waals surface area (Å²) in [5.41, 5.74) is 0. The van der Waals surface area contributed by atoms with Gasteiger partial charge in [-0.2, -0.15) is 0 Å². The number of aliphatic hydroxyl groups is 1. The van der Waals surface area contributed by atoms with Gasteiger partial charge in [-0.3, -0.25) is 4.90 Å². The average Bonchev–Trinajstić information content (AvgIpc) is 2.19. The summed E-state index contributed by atoms with van der Waals surface area (Å²) in [6.45, 7) is 8.23. The molecule has 1 rings (SSSR count). The van der Waals surface area contributed by atoms with E-state index in [9.17, 15) is 0 Å². The van der Waals surface area contributed by atoms with Gasteiger partial charge in [-0.05, 0) is 13.8 Å². The highest BCUT2D eigenvalue weighted by molar-refractivity contribution is 4.77. The van der Waals surface area contributed by atoms with Crippen LogP contribution in [-0.4, -0.2) is 61.7 Å². The Labute approximate surface area is 85.8 Å². The Morgan fingerprint density at radius 3 is 2.93 bits per heavy atom. The van der Waals surface area contributed by atoms with Gasteiger partial charge in [-0.1, -0.05) is 0 Å². The average molecular weight is 203 g/mol. The maximum absolute atomic E-state index is 8.54. The van der Waals surface area contributed by atoms with Crippen molar-refractivity contribution < 1.29 is 14.6 Å². The van der Waals surface area contributed by atoms with Crippen LogP contribution in [0.15, 0.2) is 0 Å². The van der Waals surface area contributed by atoms with Crippen molar-refractivity contribution in [2.24, 2.45) is 0 Å². The Balaban J connectivity index is 2.15. The molecule has 4 nitrogen and oxygen atoms in total. The van der Waals surface area contributed by atoms with Crippen molar-refractivity contribution in [2.75, 3.05) is 39.5 Å². The molecule has 0 aromatic heterocycles. The Hall–Kier alpha value is -0.160. The van der Waals surface area contributed by atoms with Gasteiger partial charge in [-0.25, -0.2) is 0 Å². The maximum Gasteiger partial charge on any atom is 0.0700 e. The SMILES string of the molecule is CC1OCCN(CCOCCO)C1C. The molecule has 0 aromatic carbocycles. The molecule has 0 saturated carbocycles. The Morgan fingerprint density at radius 1 is 1.43 bits per heavy atom. The van der Waals surface area contributed by atoms with Gasteiger partial charge in [0.2, 0.25) is 0 Å². The van der Waals surface area contributed by atoms with Crippen molar-refractivity contribution in [3.8, 4) is 0 Å². The fourth-order valence-electron chi connectivity index (χ4n) is 1.66. The van der Waals surface area contributed by atoms with Crippen LogP contribution < -0.4 is 0 Å². The first-order valence-electron chi connectivity index (χ1n) is 5.30. The van der Waals surface area contributed by atoms with E-state index in [1.807, 2.05) is 0 Å². The number of rotatable bonds is 5. The lowest BCUT2D eigenvalue weighted by Crippen LogP contribution is -2.49. The standard InChI is InChI=1S/C10H21NO3/c1-9-10(2)14-7-4-11(9)3-6-13-8-5-12/h9-10,12H,3-8H2,1-2H3. The predicted octanol–water partition coefficient (Wildman–Crippen LogP) is 0.104. The minimum atomic E-state index is 0.106. The number of nitrogens with zero attached hydrogens (tertiary/aromatic N) is 1. The number of ether oxygens (including phenoxy) is 2. The van der Waals surface area contributed by atoms with Crippen molar-refractivity contribution >= 4 is 0 Å². The van der Waals surface area contributed by atoms with Gasteiger partial charge in [0.15, 0.2) is 0 Å². The smallest absolute Gasteiger partial charge is 0.0700 e. The van der Waals surface area contributed by atoms with Crippen molar-refractivity contribution in [3.05, 3.63) is 0 Å². The molecule has 1 aliphatic heterocycles. The van der Waals surface area contributed by atoms with E-state index in [-0.39, 0.29) is 6.61 Å². The van der Waals surface area contributed by atoms with E-state index in [4.69, 9.17) is 14.6 Å². The van der Waals surface area contributed by atoms with Gasteiger partial charge in [0.25, 0.3) is 0 Å². The van der Waals surface area contributed by atoms with E-state index in [1.54, 1.807) is 0 Å². The molecule has 84 valence electrons. The quantitative estimate of drug-likeness (QED) is 0.644. The van der Waals surface area contributed by atoms with E-state index in [1.165, 1.54) is 0 Å². The third kappa shape index (κ3) is 3.53. The molecule has 0 amide bonds. The van der Waals surface area contributed by atoms with Crippen LogP contribution in [-0.2, 0) is 9.47 Å². The Bertz CT molecular complexity index is 154. The summed E-state index contributed by atoms with van der Waals surface area (Å²) in [6, 6.07) is 0.460. The molecule has 4 heteroatoms. The molecule has 1 N–H and O–H groups in total. The van der Waals surface area contributed by atoms with Crippen LogP contribution >= 0.6 is 0 Å². The van der Waals surface area contributed by atoms with Crippen LogP contribution in [0.25, 0.3) is 0 Å². The summed E-state index contributed by atoms with van der Waals surface area (Å²) in [4.78, 5) is 2.37. The van der Waals surface area contributed by atoms with E-state index in [0.717, 1.165) is 19.7 Å². The first kappa shape index (κ1) is 11.9. The van der Waals surface area contributed by atoms with Gasteiger partial charge in [0.05, 0.1) is 32.5 Å². The van der Waals surface area contributed by atoms with Crippen molar-refractivity contribution in [2.45, 2.75) is 26.0 Å². The first-order chi connectivity index (χ1) is 6.75. The molecule has 1 saturated heterocycles. The number of hydrogen-bond donors (Lipinski definition) is 1. The third-order valence-electron chi connectivity index (χ3n) is 2.77. The lowest BCUT2D eigenvalue weighted by molar-refractivity contribution is -0.0632. The monoisotopic (exact) mass is 203 g/mol. The lowest BCUT2D eigenvalue weighted by atomic mass is 10.1. The molecule has 1 heterocycles. The topological polar surface area (TPSA) is 41.9 Å². The van der Waals surface area contributed by atoms with Crippen molar-refractivity contribution in [1.82, 2.24) is 4.90 Å². The molecule has 0 aromatic rings. The third-order valence-corrected chi connectivity index (χ3v) is 2.77. The molecule has 1 aliphatic rings. The summed E-state index contributed by atoms with van der Waals surface area (Å²) in [6.07, 6.45) is 0.307. The zero-order valence-electron chi connectivity index (χ0n) is 9.11. The predicted molar refractivity (Wildman–Crippen MR) is 54.4 cm³/mol. The van der Waals surface area contributed by atoms with E-state index < -0.39 is 0 Å². The summed E-state index contributed by atoms with van der Waals surface area (Å²) >= 11 is 0. The van der Waals surface area contributed by atoms with Crippen LogP contribution in [0.5, 0.6) is 0 Å². The van der Waals surface area contributed by atoms with Crippen LogP contribution in [0.1, 0.15) is 13.8 Å². The first-order valence-corrected chi connectivity index (χ1v) is 5.30. The number of morpholine rings is 1. The molecule has 0 bridgehead atoms. The fraction of sp³-hybridized carbons (Fsp3) is 1.00. The zero-order valence-corrected chi connectivity index (χ0v) is 9.11. The van der Waals surface area contributed by atoms with E-state index >= 15 is 0 Å². The summed E-state index contributed by atoms with van der Waals surface area (Å²) in [7, 11) is 0. The van der Waals surface area contributed by atoms with Gasteiger partial charge in [0.1, 0.15) is 0 Å². The second-order valence-corrected chi connectivity index (χ2v) is 3.69. The van der Waals surface area contributed by atoms with Crippen LogP contribution in [0.2, 0.25) is 0 Å². The highest BCUT2D eigenvalue weighted by atomic mass is 16.5. The van der Waals surface area contributed by atoms with E-state index in [0.29, 0.717) is 25.4 Å².